The molecule has 18 atom stereocenters. The van der Waals surface area contributed by atoms with E-state index in [2.05, 4.69) is 153 Å². The zero-order valence-electron chi connectivity index (χ0n) is 70.3. The summed E-state index contributed by atoms with van der Waals surface area (Å²) in [5, 5.41) is 116. The van der Waals surface area contributed by atoms with E-state index in [0.717, 1.165) is 11.9 Å². The minimum absolute atomic E-state index is 0.00809. The molecule has 0 aromatic heterocycles. The van der Waals surface area contributed by atoms with Crippen molar-refractivity contribution >= 4 is 64.0 Å². The number of nitrogens with one attached hydrogen (secondary N) is 6. The van der Waals surface area contributed by atoms with E-state index in [-0.39, 0.29) is 78.0 Å². The second-order valence-corrected chi connectivity index (χ2v) is 32.4. The zero-order chi connectivity index (χ0) is 88.0. The fourth-order valence-electron chi connectivity index (χ4n) is 15.1. The number of rotatable bonds is 21. The van der Waals surface area contributed by atoms with Crippen LogP contribution in [0.3, 0.4) is 0 Å². The van der Waals surface area contributed by atoms with Crippen molar-refractivity contribution in [3.05, 3.63) is 216 Å². The van der Waals surface area contributed by atoms with Crippen molar-refractivity contribution in [1.82, 2.24) is 31.9 Å². The molecule has 0 saturated carbocycles. The predicted octanol–water partition coefficient (Wildman–Crippen LogP) is 6.12. The molecule has 4 fully saturated rings. The topological polar surface area (TPSA) is 432 Å². The number of carbonyl (C=O) groups excluding carboxylic acids is 6. The first kappa shape index (κ1) is 95.7. The Morgan fingerprint density at radius 3 is 1.14 bits per heavy atom. The molecule has 30 heteroatoms. The van der Waals surface area contributed by atoms with Crippen molar-refractivity contribution in [3.63, 3.8) is 0 Å². The van der Waals surface area contributed by atoms with Crippen molar-refractivity contribution < 1.29 is 108 Å². The van der Waals surface area contributed by atoms with Crippen LogP contribution < -0.4 is 37.4 Å². The molecule has 4 saturated heterocycles. The smallest absolute Gasteiger partial charge is 0.399 e. The number of amides is 6. The maximum absolute atomic E-state index is 12.2. The second kappa shape index (κ2) is 42.2. The highest BCUT2D eigenvalue weighted by atomic mass is 79.9. The van der Waals surface area contributed by atoms with E-state index in [0.29, 0.717) is 101 Å². The van der Waals surface area contributed by atoms with Gasteiger partial charge >= 0.3 is 7.12 Å². The Kier molecular flexibility index (Phi) is 33.9. The third-order valence-corrected chi connectivity index (χ3v) is 23.6. The third kappa shape index (κ3) is 22.5. The molecule has 0 aliphatic carbocycles. The summed E-state index contributed by atoms with van der Waals surface area (Å²) in [5.41, 5.74) is 10.8. The van der Waals surface area contributed by atoms with Gasteiger partial charge in [0.15, 0.2) is 0 Å². The Bertz CT molecular complexity index is 4380. The van der Waals surface area contributed by atoms with E-state index in [4.69, 9.17) is 28.3 Å². The molecule has 0 bridgehead atoms. The van der Waals surface area contributed by atoms with E-state index in [1.54, 1.807) is 107 Å². The lowest BCUT2D eigenvalue weighted by Crippen LogP contribution is -2.59. The molecule has 4 aliphatic heterocycles. The minimum Gasteiger partial charge on any atom is -0.399 e. The molecule has 6 amide bonds. The number of aryl methyl sites for hydroxylation is 3. The summed E-state index contributed by atoms with van der Waals surface area (Å²) in [6.07, 6.45) is -15.7. The van der Waals surface area contributed by atoms with Crippen LogP contribution in [0.4, 0.5) is 0 Å². The minimum atomic E-state index is -1.60. The van der Waals surface area contributed by atoms with Gasteiger partial charge in [-0.3, -0.25) is 28.8 Å². The highest BCUT2D eigenvalue weighted by Gasteiger charge is 2.53. The fourth-order valence-corrected chi connectivity index (χ4v) is 15.6. The van der Waals surface area contributed by atoms with Crippen LogP contribution in [-0.4, -0.2) is 240 Å². The van der Waals surface area contributed by atoms with Crippen LogP contribution in [0.2, 0.25) is 0 Å². The summed E-state index contributed by atoms with van der Waals surface area (Å²) in [4.78, 5) is 71.6. The van der Waals surface area contributed by atoms with Gasteiger partial charge in [-0.1, -0.05) is 129 Å². The Labute approximate surface area is 704 Å². The van der Waals surface area contributed by atoms with Gasteiger partial charge in [-0.05, 0) is 188 Å². The van der Waals surface area contributed by atoms with E-state index >= 15 is 0 Å². The maximum atomic E-state index is 12.2. The molecule has 16 N–H and O–H groups in total. The van der Waals surface area contributed by atoms with Crippen molar-refractivity contribution in [3.8, 4) is 22.3 Å². The van der Waals surface area contributed by atoms with Crippen molar-refractivity contribution in [2.75, 3.05) is 55.5 Å². The van der Waals surface area contributed by atoms with Gasteiger partial charge in [-0.2, -0.15) is 0 Å². The molecule has 0 spiro atoms. The van der Waals surface area contributed by atoms with E-state index in [9.17, 15) is 79.8 Å². The summed E-state index contributed by atoms with van der Waals surface area (Å²) in [7, 11) is 8.71. The zero-order valence-corrected chi connectivity index (χ0v) is 71.9. The first-order chi connectivity index (χ1) is 56.3. The number of aliphatic hydroxyl groups is 10. The third-order valence-electron chi connectivity index (χ3n) is 23.1. The van der Waals surface area contributed by atoms with Crippen LogP contribution in [0, 0.1) is 32.6 Å². The summed E-state index contributed by atoms with van der Waals surface area (Å²) in [6, 6.07) is 41.6. The Balaban J connectivity index is 0.000000205. The van der Waals surface area contributed by atoms with Crippen molar-refractivity contribution in [2.45, 2.75) is 198 Å². The first-order valence-corrected chi connectivity index (χ1v) is 40.5. The molecule has 7 aromatic rings. The summed E-state index contributed by atoms with van der Waals surface area (Å²) < 4.78 is 37.7. The van der Waals surface area contributed by atoms with Crippen LogP contribution in [0.5, 0.6) is 0 Å². The van der Waals surface area contributed by atoms with Crippen LogP contribution in [0.15, 0.2) is 144 Å². The molecule has 11 rings (SSSR count). The van der Waals surface area contributed by atoms with Gasteiger partial charge < -0.3 is 111 Å². The highest BCUT2D eigenvalue weighted by Crippen LogP contribution is 2.43. The molecular formula is C89H116BBrN6O22. The van der Waals surface area contributed by atoms with Crippen LogP contribution in [0.1, 0.15) is 181 Å². The van der Waals surface area contributed by atoms with Crippen molar-refractivity contribution in [1.29, 1.82) is 0 Å². The Morgan fingerprint density at radius 1 is 0.445 bits per heavy atom. The average molecular weight is 1710 g/mol. The molecule has 0 radical (unpaired) electrons. The highest BCUT2D eigenvalue weighted by molar-refractivity contribution is 9.10. The lowest BCUT2D eigenvalue weighted by molar-refractivity contribution is -0.250. The van der Waals surface area contributed by atoms with Gasteiger partial charge in [0.2, 0.25) is 0 Å². The Hall–Kier alpha value is -8.74. The standard InChI is InChI=1S/C31H45BO4.2C24H30N2O8.C10H11BrN2O2/c1-10-27-21(3)22(4)28(33-19-24-14-12-11-13-15-24)29(34-27)23(5)26-17-16-25(18-20(26)2)32-35-30(6,7)31(8,9)36-32;2*1-11-6-12(13-7-14(23(32)25-2)9-15(8-13)24(33)26-3)4-5-16(11)18(28)22-21(31)20(30)19(29)17(10-27)34-22;1-12-9(14)6-3-7(10(15)13-2)5-8(11)4-6/h11-18,21-23,27-29H,10,19H2,1-9H3;2*4-9,17-22,27-31H,10H2,1-3H3,(H,25,32)(H,26,33);3-5H,1-2H3,(H,12,14)(H,13,15)/t21-,22-,23+,27?,28?,29+;2*17?,18-,19-,20+,21?,22-;/m011./s1. The van der Waals surface area contributed by atoms with E-state index in [1.165, 1.54) is 57.0 Å². The lowest BCUT2D eigenvalue weighted by atomic mass is 9.74. The van der Waals surface area contributed by atoms with Crippen LogP contribution in [0.25, 0.3) is 22.3 Å². The largest absolute Gasteiger partial charge is 0.494 e. The van der Waals surface area contributed by atoms with Gasteiger partial charge in [0.25, 0.3) is 35.4 Å². The van der Waals surface area contributed by atoms with E-state index < -0.39 is 86.5 Å². The number of halogens is 1. The first-order valence-electron chi connectivity index (χ1n) is 39.7. The van der Waals surface area contributed by atoms with Crippen LogP contribution >= 0.6 is 15.9 Å². The predicted molar refractivity (Wildman–Crippen MR) is 453 cm³/mol. The summed E-state index contributed by atoms with van der Waals surface area (Å²) in [5.74, 6) is -0.783. The number of benzene rings is 7. The van der Waals surface area contributed by atoms with Gasteiger partial charge in [-0.15, -0.1) is 0 Å². The van der Waals surface area contributed by atoms with Gasteiger partial charge in [-0.25, -0.2) is 0 Å². The monoisotopic (exact) mass is 1710 g/mol. The molecular weight excluding hydrogens is 1600 g/mol. The molecule has 4 heterocycles. The van der Waals surface area contributed by atoms with Gasteiger partial charge in [0.1, 0.15) is 73.2 Å². The molecule has 7 aromatic carbocycles. The number of carbonyl (C=O) groups is 6. The SMILES string of the molecule is CCC1O[C@H]([C@H](C)c2ccc(B3OC(C)(C)C(C)(C)O3)cc2C)C(OCc2ccccc2)[C@@H](C)[C@@H]1C.CNC(=O)c1cc(Br)cc(C(=O)NC)c1.CNC(=O)c1cc(C(=O)NC)cc(-c2ccc([C@@H](O)[C@H]3OC(CO)[C@@H](O)[C@H](O)C3O)c(C)c2)c1.CNC(=O)c1cc(C(=O)NC)cc(-c2ccc([C@@H](O)[C@H]3OC(CO)[C@@H](O)[C@H](O)C3O)c(C)c2)c1. The molecule has 4 aliphatic rings. The molecule has 644 valence electrons. The molecule has 119 heavy (non-hydrogen) atoms. The number of hydrogen-bond acceptors (Lipinski definition) is 22. The number of hydrogen-bond donors (Lipinski definition) is 16. The quantitative estimate of drug-likeness (QED) is 0.0360. The van der Waals surface area contributed by atoms with Gasteiger partial charge in [0, 0.05) is 86.1 Å². The lowest BCUT2D eigenvalue weighted by Gasteiger charge is -2.47. The van der Waals surface area contributed by atoms with E-state index in [1.807, 2.05) is 6.07 Å². The van der Waals surface area contributed by atoms with Crippen molar-refractivity contribution in [2.24, 2.45) is 11.8 Å². The van der Waals surface area contributed by atoms with Crippen LogP contribution in [-0.2, 0) is 34.9 Å². The molecule has 28 nitrogen and oxygen atoms in total. The molecule has 6 unspecified atom stereocenters. The fraction of sp³-hybridized carbons (Fsp3) is 0.461. The average Bonchev–Trinajstić information content (AvgIpc) is 1.66. The normalized spacial score (nSPS) is 24.9. The maximum Gasteiger partial charge on any atom is 0.494 e. The number of aliphatic hydroxyl groups excluding tert-OH is 10. The number of ether oxygens (including phenoxy) is 4. The summed E-state index contributed by atoms with van der Waals surface area (Å²) in [6.45, 7) is 22.6. The Morgan fingerprint density at radius 2 is 0.798 bits per heavy atom. The summed E-state index contributed by atoms with van der Waals surface area (Å²) >= 11 is 3.25. The van der Waals surface area contributed by atoms with Gasteiger partial charge in [0.05, 0.1) is 49.3 Å². The second-order valence-electron chi connectivity index (χ2n) is 31.4.